The molecule has 2 aliphatic rings. The summed E-state index contributed by atoms with van der Waals surface area (Å²) in [6, 6.07) is 14.8. The Morgan fingerprint density at radius 3 is 2.56 bits per heavy atom. The van der Waals surface area contributed by atoms with Gasteiger partial charge in [-0.05, 0) is 43.0 Å². The summed E-state index contributed by atoms with van der Waals surface area (Å²) in [7, 11) is 0. The average Bonchev–Trinajstić information content (AvgIpc) is 3.28. The summed E-state index contributed by atoms with van der Waals surface area (Å²) in [5, 5.41) is 2.86. The van der Waals surface area contributed by atoms with E-state index in [1.807, 2.05) is 49.4 Å². The normalized spacial score (nSPS) is 18.1. The average molecular weight is 522 g/mol. The van der Waals surface area contributed by atoms with Crippen molar-refractivity contribution in [3.8, 4) is 0 Å². The summed E-state index contributed by atoms with van der Waals surface area (Å²) in [5.74, 6) is -0.511. The highest BCUT2D eigenvalue weighted by Crippen LogP contribution is 2.44. The van der Waals surface area contributed by atoms with Crippen molar-refractivity contribution in [3.63, 3.8) is 0 Å². The van der Waals surface area contributed by atoms with Crippen molar-refractivity contribution in [2.75, 3.05) is 23.3 Å². The van der Waals surface area contributed by atoms with Gasteiger partial charge in [-0.3, -0.25) is 24.2 Å². The van der Waals surface area contributed by atoms with Crippen molar-refractivity contribution >= 4 is 63.0 Å². The topological polar surface area (TPSA) is 69.7 Å². The largest absolute Gasteiger partial charge is 0.325 e. The van der Waals surface area contributed by atoms with Crippen molar-refractivity contribution in [1.82, 2.24) is 4.90 Å². The number of amides is 3. The second kappa shape index (κ2) is 11.4. The second-order valence-corrected chi connectivity index (χ2v) is 10.9. The summed E-state index contributed by atoms with van der Waals surface area (Å²) < 4.78 is 0.485. The van der Waals surface area contributed by atoms with Crippen molar-refractivity contribution in [3.05, 3.63) is 64.6 Å². The maximum atomic E-state index is 13.6. The molecule has 188 valence electrons. The summed E-state index contributed by atoms with van der Waals surface area (Å²) in [6.07, 6.45) is 4.23. The monoisotopic (exact) mass is 521 g/mol. The molecule has 2 heterocycles. The van der Waals surface area contributed by atoms with E-state index < -0.39 is 0 Å². The smallest absolute Gasteiger partial charge is 0.267 e. The molecule has 1 atom stereocenters. The lowest BCUT2D eigenvalue weighted by Crippen LogP contribution is -2.36. The van der Waals surface area contributed by atoms with Crippen LogP contribution >= 0.6 is 24.0 Å². The molecule has 2 aromatic carbocycles. The fraction of sp³-hybridized carbons (Fsp3) is 0.357. The predicted molar refractivity (Wildman–Crippen MR) is 151 cm³/mol. The molecule has 0 aromatic heterocycles. The molecule has 6 nitrogen and oxygen atoms in total. The van der Waals surface area contributed by atoms with E-state index in [4.69, 9.17) is 12.2 Å². The van der Waals surface area contributed by atoms with Crippen molar-refractivity contribution in [1.29, 1.82) is 0 Å². The second-order valence-electron chi connectivity index (χ2n) is 9.23. The van der Waals surface area contributed by atoms with Gasteiger partial charge < -0.3 is 5.32 Å². The summed E-state index contributed by atoms with van der Waals surface area (Å²) in [4.78, 5) is 43.4. The number of hydrogen-bond donors (Lipinski definition) is 1. The SMILES string of the molecule is CCCCC(CC)CN1C(=O)C(=C2C(=O)N(CC(=O)Nc3cccc(C)c3)c3ccccc32)SC1=S. The van der Waals surface area contributed by atoms with Gasteiger partial charge in [0.25, 0.3) is 11.8 Å². The maximum absolute atomic E-state index is 13.6. The van der Waals surface area contributed by atoms with Crippen LogP contribution in [0.15, 0.2) is 53.4 Å². The van der Waals surface area contributed by atoms with Crippen molar-refractivity contribution in [2.45, 2.75) is 46.5 Å². The van der Waals surface area contributed by atoms with Gasteiger partial charge in [-0.15, -0.1) is 0 Å². The number of fused-ring (bicyclic) bond motifs is 1. The van der Waals surface area contributed by atoms with E-state index in [0.717, 1.165) is 31.2 Å². The molecule has 0 aliphatic carbocycles. The molecule has 2 aromatic rings. The molecule has 1 saturated heterocycles. The lowest BCUT2D eigenvalue weighted by molar-refractivity contribution is -0.123. The van der Waals surface area contributed by atoms with Gasteiger partial charge in [0.1, 0.15) is 10.9 Å². The van der Waals surface area contributed by atoms with E-state index in [-0.39, 0.29) is 24.3 Å². The molecule has 1 unspecified atom stereocenters. The molecule has 0 radical (unpaired) electrons. The summed E-state index contributed by atoms with van der Waals surface area (Å²) in [6.45, 7) is 6.66. The van der Waals surface area contributed by atoms with Gasteiger partial charge >= 0.3 is 0 Å². The Morgan fingerprint density at radius 1 is 1.06 bits per heavy atom. The highest BCUT2D eigenvalue weighted by atomic mass is 32.2. The first-order valence-electron chi connectivity index (χ1n) is 12.4. The molecule has 2 aliphatic heterocycles. The van der Waals surface area contributed by atoms with Gasteiger partial charge in [-0.25, -0.2) is 0 Å². The number of anilines is 2. The molecule has 0 bridgehead atoms. The first-order valence-corrected chi connectivity index (χ1v) is 13.6. The number of thioether (sulfide) groups is 1. The van der Waals surface area contributed by atoms with Crippen LogP contribution in [-0.4, -0.2) is 40.0 Å². The Balaban J connectivity index is 1.59. The van der Waals surface area contributed by atoms with Gasteiger partial charge in [-0.2, -0.15) is 0 Å². The van der Waals surface area contributed by atoms with E-state index >= 15 is 0 Å². The number of hydrogen-bond acceptors (Lipinski definition) is 5. The minimum absolute atomic E-state index is 0.150. The van der Waals surface area contributed by atoms with Crippen molar-refractivity contribution in [2.24, 2.45) is 5.92 Å². The highest BCUT2D eigenvalue weighted by molar-refractivity contribution is 8.26. The standard InChI is InChI=1S/C28H31N3O3S2/c1-4-6-11-19(5-2)16-31-27(34)25(36-28(31)35)24-21-13-7-8-14-22(21)30(26(24)33)17-23(32)29-20-12-9-10-18(3)15-20/h7-10,12-15,19H,4-6,11,16-17H2,1-3H3,(H,29,32). The van der Waals surface area contributed by atoms with Gasteiger partial charge in [0.2, 0.25) is 5.91 Å². The number of unbranched alkanes of at least 4 members (excludes halogenated alkanes) is 1. The molecule has 0 saturated carbocycles. The van der Waals surface area contributed by atoms with Crippen LogP contribution in [-0.2, 0) is 14.4 Å². The van der Waals surface area contributed by atoms with E-state index in [1.165, 1.54) is 16.7 Å². The van der Waals surface area contributed by atoms with Crippen LogP contribution in [0.25, 0.3) is 5.57 Å². The Bertz CT molecular complexity index is 1240. The Kier molecular flexibility index (Phi) is 8.26. The molecule has 36 heavy (non-hydrogen) atoms. The molecule has 3 amide bonds. The number of nitrogens with one attached hydrogen (secondary N) is 1. The fourth-order valence-electron chi connectivity index (χ4n) is 4.61. The van der Waals surface area contributed by atoms with E-state index in [9.17, 15) is 14.4 Å². The molecular weight excluding hydrogens is 490 g/mol. The molecular formula is C28H31N3O3S2. The number of aryl methyl sites for hydroxylation is 1. The van der Waals surface area contributed by atoms with Gasteiger partial charge in [-0.1, -0.05) is 87.4 Å². The molecule has 1 fully saturated rings. The first kappa shape index (κ1) is 26.1. The van der Waals surface area contributed by atoms with Crippen LogP contribution in [0.5, 0.6) is 0 Å². The lowest BCUT2D eigenvalue weighted by atomic mass is 9.98. The highest BCUT2D eigenvalue weighted by Gasteiger charge is 2.42. The summed E-state index contributed by atoms with van der Waals surface area (Å²) >= 11 is 6.76. The molecule has 8 heteroatoms. The van der Waals surface area contributed by atoms with Crippen LogP contribution in [0.3, 0.4) is 0 Å². The molecule has 0 spiro atoms. The number of carbonyl (C=O) groups is 3. The van der Waals surface area contributed by atoms with Gasteiger partial charge in [0.05, 0.1) is 16.2 Å². The van der Waals surface area contributed by atoms with Crippen molar-refractivity contribution < 1.29 is 14.4 Å². The fourth-order valence-corrected chi connectivity index (χ4v) is 5.95. The number of benzene rings is 2. The maximum Gasteiger partial charge on any atom is 0.267 e. The number of carbonyl (C=O) groups excluding carboxylic acids is 3. The van der Waals surface area contributed by atoms with E-state index in [0.29, 0.717) is 44.2 Å². The third-order valence-corrected chi connectivity index (χ3v) is 8.04. The Labute approximate surface area is 222 Å². The quantitative estimate of drug-likeness (QED) is 0.335. The Hall–Kier alpha value is -2.97. The van der Waals surface area contributed by atoms with Gasteiger partial charge in [0.15, 0.2) is 0 Å². The van der Waals surface area contributed by atoms with E-state index in [2.05, 4.69) is 19.2 Å². The van der Waals surface area contributed by atoms with Crippen LogP contribution < -0.4 is 10.2 Å². The third kappa shape index (κ3) is 5.39. The molecule has 1 N–H and O–H groups in total. The Morgan fingerprint density at radius 2 is 1.83 bits per heavy atom. The minimum atomic E-state index is -0.353. The van der Waals surface area contributed by atoms with E-state index in [1.54, 1.807) is 11.0 Å². The number of para-hydroxylation sites is 1. The zero-order chi connectivity index (χ0) is 25.8. The van der Waals surface area contributed by atoms with Crippen LogP contribution in [0.2, 0.25) is 0 Å². The zero-order valence-corrected chi connectivity index (χ0v) is 22.5. The number of rotatable bonds is 9. The number of nitrogens with zero attached hydrogens (tertiary/aromatic N) is 2. The number of thiocarbonyl (C=S) groups is 1. The first-order chi connectivity index (χ1) is 17.3. The summed E-state index contributed by atoms with van der Waals surface area (Å²) in [5.41, 5.74) is 3.31. The zero-order valence-electron chi connectivity index (χ0n) is 20.9. The van der Waals surface area contributed by atoms with Crippen LogP contribution in [0.1, 0.15) is 50.7 Å². The van der Waals surface area contributed by atoms with Crippen LogP contribution in [0, 0.1) is 12.8 Å². The van der Waals surface area contributed by atoms with Crippen LogP contribution in [0.4, 0.5) is 11.4 Å². The molecule has 4 rings (SSSR count). The lowest BCUT2D eigenvalue weighted by Gasteiger charge is -2.21. The third-order valence-electron chi connectivity index (χ3n) is 6.59. The van der Waals surface area contributed by atoms with Gasteiger partial charge in [0, 0.05) is 17.8 Å². The predicted octanol–water partition coefficient (Wildman–Crippen LogP) is 5.77. The minimum Gasteiger partial charge on any atom is -0.325 e.